The van der Waals surface area contributed by atoms with Crippen molar-refractivity contribution in [2.45, 2.75) is 31.7 Å². The molecule has 0 aliphatic carbocycles. The van der Waals surface area contributed by atoms with Gasteiger partial charge in [-0.2, -0.15) is 0 Å². The second kappa shape index (κ2) is 5.85. The maximum absolute atomic E-state index is 12.3. The van der Waals surface area contributed by atoms with E-state index in [2.05, 4.69) is 4.36 Å². The van der Waals surface area contributed by atoms with E-state index < -0.39 is 15.0 Å². The van der Waals surface area contributed by atoms with Crippen LogP contribution in [0.2, 0.25) is 0 Å². The quantitative estimate of drug-likeness (QED) is 0.859. The van der Waals surface area contributed by atoms with Gasteiger partial charge in [-0.25, -0.2) is 8.57 Å². The van der Waals surface area contributed by atoms with Crippen LogP contribution in [0.4, 0.5) is 0 Å². The molecule has 0 spiro atoms. The van der Waals surface area contributed by atoms with Gasteiger partial charge in [0.1, 0.15) is 0 Å². The highest BCUT2D eigenvalue weighted by atomic mass is 35.7. The Bertz CT molecular complexity index is 476. The molecule has 0 saturated carbocycles. The van der Waals surface area contributed by atoms with Gasteiger partial charge in [0, 0.05) is 10.7 Å². The summed E-state index contributed by atoms with van der Waals surface area (Å²) in [7, 11) is 3.04. The minimum atomic E-state index is -2.95. The van der Waals surface area contributed by atoms with Gasteiger partial charge in [0.2, 0.25) is 0 Å². The molecule has 1 rings (SSSR count). The van der Waals surface area contributed by atoms with Gasteiger partial charge in [0.05, 0.1) is 17.5 Å². The van der Waals surface area contributed by atoms with Gasteiger partial charge in [-0.15, -0.1) is 0 Å². The van der Waals surface area contributed by atoms with Crippen LogP contribution in [0.1, 0.15) is 19.4 Å². The minimum Gasteiger partial charge on any atom is -0.394 e. The van der Waals surface area contributed by atoms with E-state index in [0.29, 0.717) is 4.90 Å². The Morgan fingerprint density at radius 1 is 1.35 bits per heavy atom. The summed E-state index contributed by atoms with van der Waals surface area (Å²) in [6.07, 6.45) is 0. The molecule has 96 valence electrons. The molecular weight excluding hydrogens is 258 g/mol. The zero-order valence-electron chi connectivity index (χ0n) is 10.3. The number of aliphatic hydroxyl groups excluding tert-OH is 1. The van der Waals surface area contributed by atoms with Crippen molar-refractivity contribution < 1.29 is 9.32 Å². The van der Waals surface area contributed by atoms with E-state index in [-0.39, 0.29) is 12.5 Å². The van der Waals surface area contributed by atoms with Gasteiger partial charge in [-0.1, -0.05) is 31.5 Å². The Labute approximate surface area is 108 Å². The predicted octanol–water partition coefficient (Wildman–Crippen LogP) is 2.99. The molecule has 2 atom stereocenters. The Balaban J connectivity index is 3.13. The third kappa shape index (κ3) is 3.98. The van der Waals surface area contributed by atoms with Gasteiger partial charge >= 0.3 is 0 Å². The molecule has 0 saturated heterocycles. The first-order valence-electron chi connectivity index (χ1n) is 5.50. The van der Waals surface area contributed by atoms with E-state index in [4.69, 9.17) is 10.7 Å². The molecule has 1 aromatic rings. The molecule has 1 aromatic carbocycles. The standard InChI is InChI=1S/C12H18ClNO2S/c1-9(2)12(8-15)14-17(13,16)11-6-4-10(3)5-7-11/h4-7,9,12,15H,8H2,1-3H3/t12-,17?/m1/s1. The molecular formula is C12H18ClNO2S. The smallest absolute Gasteiger partial charge is 0.159 e. The number of halogens is 1. The average molecular weight is 276 g/mol. The van der Waals surface area contributed by atoms with E-state index in [9.17, 15) is 9.32 Å². The van der Waals surface area contributed by atoms with Crippen LogP contribution in [0.25, 0.3) is 0 Å². The van der Waals surface area contributed by atoms with Crippen molar-refractivity contribution in [3.05, 3.63) is 29.8 Å². The molecule has 0 aliphatic heterocycles. The van der Waals surface area contributed by atoms with Crippen LogP contribution in [-0.2, 0) is 8.94 Å². The second-order valence-electron chi connectivity index (χ2n) is 4.37. The highest BCUT2D eigenvalue weighted by Crippen LogP contribution is 2.21. The molecule has 3 nitrogen and oxygen atoms in total. The van der Waals surface area contributed by atoms with Gasteiger partial charge < -0.3 is 5.11 Å². The monoisotopic (exact) mass is 275 g/mol. The molecule has 0 radical (unpaired) electrons. The first kappa shape index (κ1) is 14.5. The second-order valence-corrected chi connectivity index (χ2v) is 7.22. The van der Waals surface area contributed by atoms with Crippen LogP contribution in [0.5, 0.6) is 0 Å². The fraction of sp³-hybridized carbons (Fsp3) is 0.500. The molecule has 0 bridgehead atoms. The Hall–Kier alpha value is -0.580. The van der Waals surface area contributed by atoms with Crippen molar-refractivity contribution in [1.82, 2.24) is 0 Å². The number of aryl methyl sites for hydroxylation is 1. The van der Waals surface area contributed by atoms with Gasteiger partial charge in [-0.05, 0) is 25.0 Å². The zero-order valence-corrected chi connectivity index (χ0v) is 11.8. The number of nitrogens with zero attached hydrogens (tertiary/aromatic N) is 1. The topological polar surface area (TPSA) is 49.7 Å². The summed E-state index contributed by atoms with van der Waals surface area (Å²) in [6, 6.07) is 6.71. The van der Waals surface area contributed by atoms with E-state index in [1.165, 1.54) is 0 Å². The van der Waals surface area contributed by atoms with Crippen molar-refractivity contribution in [2.75, 3.05) is 6.61 Å². The van der Waals surface area contributed by atoms with Crippen molar-refractivity contribution >= 4 is 19.6 Å². The molecule has 1 unspecified atom stereocenters. The van der Waals surface area contributed by atoms with Crippen LogP contribution in [0, 0.1) is 12.8 Å². The zero-order chi connectivity index (χ0) is 13.1. The third-order valence-corrected chi connectivity index (χ3v) is 4.71. The Morgan fingerprint density at radius 2 is 1.88 bits per heavy atom. The lowest BCUT2D eigenvalue weighted by molar-refractivity contribution is 0.241. The molecule has 5 heteroatoms. The van der Waals surface area contributed by atoms with Crippen LogP contribution < -0.4 is 0 Å². The van der Waals surface area contributed by atoms with Crippen LogP contribution >= 0.6 is 10.7 Å². The molecule has 0 amide bonds. The molecule has 0 aliphatic rings. The fourth-order valence-electron chi connectivity index (χ4n) is 1.31. The minimum absolute atomic E-state index is 0.102. The molecule has 1 N–H and O–H groups in total. The summed E-state index contributed by atoms with van der Waals surface area (Å²) in [5.41, 5.74) is 1.07. The summed E-state index contributed by atoms with van der Waals surface area (Å²) < 4.78 is 16.3. The fourth-order valence-corrected chi connectivity index (χ4v) is 3.17. The lowest BCUT2D eigenvalue weighted by Gasteiger charge is -2.14. The summed E-state index contributed by atoms with van der Waals surface area (Å²) in [5, 5.41) is 9.17. The maximum atomic E-state index is 12.3. The average Bonchev–Trinajstić information content (AvgIpc) is 2.26. The third-order valence-electron chi connectivity index (χ3n) is 2.54. The van der Waals surface area contributed by atoms with Crippen molar-refractivity contribution in [2.24, 2.45) is 10.3 Å². The van der Waals surface area contributed by atoms with E-state index in [0.717, 1.165) is 5.56 Å². The summed E-state index contributed by atoms with van der Waals surface area (Å²) in [5.74, 6) is 0.102. The number of rotatable bonds is 4. The Morgan fingerprint density at radius 3 is 2.29 bits per heavy atom. The molecule has 17 heavy (non-hydrogen) atoms. The SMILES string of the molecule is Cc1ccc(S(=O)(Cl)=N[C@H](CO)C(C)C)cc1. The van der Waals surface area contributed by atoms with E-state index >= 15 is 0 Å². The van der Waals surface area contributed by atoms with Crippen LogP contribution in [-0.4, -0.2) is 22.0 Å². The molecule has 0 aromatic heterocycles. The molecule has 0 heterocycles. The van der Waals surface area contributed by atoms with Gasteiger partial charge in [0.25, 0.3) is 0 Å². The predicted molar refractivity (Wildman–Crippen MR) is 71.6 cm³/mol. The van der Waals surface area contributed by atoms with Gasteiger partial charge in [-0.3, -0.25) is 0 Å². The Kier molecular flexibility index (Phi) is 4.98. The normalized spacial score (nSPS) is 16.6. The van der Waals surface area contributed by atoms with Crippen LogP contribution in [0.3, 0.4) is 0 Å². The number of hydrogen-bond donors (Lipinski definition) is 1. The lowest BCUT2D eigenvalue weighted by atomic mass is 10.1. The largest absolute Gasteiger partial charge is 0.394 e. The molecule has 0 fully saturated rings. The van der Waals surface area contributed by atoms with Crippen LogP contribution in [0.15, 0.2) is 33.5 Å². The van der Waals surface area contributed by atoms with E-state index in [1.54, 1.807) is 12.1 Å². The van der Waals surface area contributed by atoms with Crippen molar-refractivity contribution in [3.8, 4) is 0 Å². The number of aliphatic hydroxyl groups is 1. The van der Waals surface area contributed by atoms with Crippen molar-refractivity contribution in [3.63, 3.8) is 0 Å². The number of hydrogen-bond acceptors (Lipinski definition) is 3. The van der Waals surface area contributed by atoms with E-state index in [1.807, 2.05) is 32.9 Å². The number of benzene rings is 1. The summed E-state index contributed by atoms with van der Waals surface area (Å²) in [4.78, 5) is 0.490. The summed E-state index contributed by atoms with van der Waals surface area (Å²) in [6.45, 7) is 5.62. The summed E-state index contributed by atoms with van der Waals surface area (Å²) >= 11 is 0. The highest BCUT2D eigenvalue weighted by molar-refractivity contribution is 8.15. The first-order valence-corrected chi connectivity index (χ1v) is 7.84. The maximum Gasteiger partial charge on any atom is 0.159 e. The van der Waals surface area contributed by atoms with Gasteiger partial charge in [0.15, 0.2) is 8.94 Å². The first-order chi connectivity index (χ1) is 7.86. The van der Waals surface area contributed by atoms with Crippen molar-refractivity contribution in [1.29, 1.82) is 0 Å². The highest BCUT2D eigenvalue weighted by Gasteiger charge is 2.16. The lowest BCUT2D eigenvalue weighted by Crippen LogP contribution is -2.18.